The average Bonchev–Trinajstić information content (AvgIpc) is 3.23. The number of aliphatic hydroxyl groups excluding tert-OH is 1. The van der Waals surface area contributed by atoms with Gasteiger partial charge >= 0.3 is 0 Å². The first-order chi connectivity index (χ1) is 14.9. The molecule has 0 saturated carbocycles. The number of aryl methyl sites for hydroxylation is 2. The number of aromatic amines is 1. The van der Waals surface area contributed by atoms with Gasteiger partial charge in [-0.15, -0.1) is 0 Å². The van der Waals surface area contributed by atoms with Gasteiger partial charge in [0.2, 0.25) is 0 Å². The Morgan fingerprint density at radius 1 is 1.23 bits per heavy atom. The molecule has 1 aromatic heterocycles. The molecule has 0 bridgehead atoms. The molecule has 2 N–H and O–H groups in total. The largest absolute Gasteiger partial charge is 0.507 e. The molecule has 1 atom stereocenters. The highest BCUT2D eigenvalue weighted by atomic mass is 19.1. The molecule has 1 amide bonds. The van der Waals surface area contributed by atoms with Crippen LogP contribution in [-0.2, 0) is 14.3 Å². The number of Topliss-reactive ketones (excluding diaryl/α,β-unsaturated/α-hetero) is 1. The third-order valence-corrected chi connectivity index (χ3v) is 5.87. The number of benzene rings is 1. The SMILES string of the molecule is Cc1n[nH]c(C)c1C(O)=C1C(=O)C(=O)N(CCN2CCOCC2)[C@@H]1c1ccccc1F. The van der Waals surface area contributed by atoms with E-state index in [2.05, 4.69) is 15.1 Å². The number of H-pyrrole nitrogens is 1. The second kappa shape index (κ2) is 8.60. The van der Waals surface area contributed by atoms with E-state index in [-0.39, 0.29) is 23.4 Å². The number of aromatic nitrogens is 2. The summed E-state index contributed by atoms with van der Waals surface area (Å²) >= 11 is 0. The first kappa shape index (κ1) is 21.2. The monoisotopic (exact) mass is 428 g/mol. The molecule has 2 aliphatic rings. The number of hydrogen-bond acceptors (Lipinski definition) is 6. The number of rotatable bonds is 5. The molecule has 8 nitrogen and oxygen atoms in total. The van der Waals surface area contributed by atoms with Crippen LogP contribution in [0.3, 0.4) is 0 Å². The van der Waals surface area contributed by atoms with Gasteiger partial charge in [-0.25, -0.2) is 4.39 Å². The zero-order valence-electron chi connectivity index (χ0n) is 17.5. The van der Waals surface area contributed by atoms with Crippen LogP contribution in [0.5, 0.6) is 0 Å². The molecular weight excluding hydrogens is 403 g/mol. The summed E-state index contributed by atoms with van der Waals surface area (Å²) in [7, 11) is 0. The Labute approximate surface area is 179 Å². The van der Waals surface area contributed by atoms with Crippen LogP contribution < -0.4 is 0 Å². The smallest absolute Gasteiger partial charge is 0.295 e. The van der Waals surface area contributed by atoms with Crippen molar-refractivity contribution in [1.29, 1.82) is 0 Å². The van der Waals surface area contributed by atoms with Crippen molar-refractivity contribution in [3.05, 3.63) is 58.2 Å². The lowest BCUT2D eigenvalue weighted by Crippen LogP contribution is -2.42. The molecule has 0 unspecified atom stereocenters. The van der Waals surface area contributed by atoms with Crippen molar-refractivity contribution in [1.82, 2.24) is 20.0 Å². The Bertz CT molecular complexity index is 1020. The van der Waals surface area contributed by atoms with E-state index < -0.39 is 23.5 Å². The molecule has 3 heterocycles. The Morgan fingerprint density at radius 3 is 2.58 bits per heavy atom. The maximum Gasteiger partial charge on any atom is 0.295 e. The molecule has 0 aliphatic carbocycles. The van der Waals surface area contributed by atoms with Gasteiger partial charge in [-0.05, 0) is 19.9 Å². The van der Waals surface area contributed by atoms with Crippen molar-refractivity contribution in [3.63, 3.8) is 0 Å². The fourth-order valence-corrected chi connectivity index (χ4v) is 4.24. The molecular formula is C22H25FN4O4. The second-order valence-electron chi connectivity index (χ2n) is 7.78. The van der Waals surface area contributed by atoms with Crippen LogP contribution in [0.2, 0.25) is 0 Å². The number of aliphatic hydroxyl groups is 1. The van der Waals surface area contributed by atoms with Crippen molar-refractivity contribution in [3.8, 4) is 0 Å². The van der Waals surface area contributed by atoms with Gasteiger partial charge in [-0.3, -0.25) is 19.6 Å². The number of carbonyl (C=O) groups is 2. The summed E-state index contributed by atoms with van der Waals surface area (Å²) in [4.78, 5) is 29.5. The summed E-state index contributed by atoms with van der Waals surface area (Å²) in [5.41, 5.74) is 1.45. The van der Waals surface area contributed by atoms with Crippen LogP contribution in [0, 0.1) is 19.7 Å². The van der Waals surface area contributed by atoms with Crippen LogP contribution in [0.4, 0.5) is 4.39 Å². The van der Waals surface area contributed by atoms with E-state index >= 15 is 0 Å². The number of morpholine rings is 1. The fraction of sp³-hybridized carbons (Fsp3) is 0.409. The number of carbonyl (C=O) groups excluding carboxylic acids is 2. The summed E-state index contributed by atoms with van der Waals surface area (Å²) in [5, 5.41) is 17.9. The molecule has 2 fully saturated rings. The van der Waals surface area contributed by atoms with Crippen LogP contribution in [0.1, 0.15) is 28.6 Å². The lowest BCUT2D eigenvalue weighted by atomic mass is 9.94. The Kier molecular flexibility index (Phi) is 5.88. The van der Waals surface area contributed by atoms with Crippen LogP contribution >= 0.6 is 0 Å². The number of ether oxygens (including phenoxy) is 1. The van der Waals surface area contributed by atoms with Crippen molar-refractivity contribution >= 4 is 17.4 Å². The topological polar surface area (TPSA) is 98.8 Å². The Balaban J connectivity index is 1.78. The minimum Gasteiger partial charge on any atom is -0.507 e. The highest BCUT2D eigenvalue weighted by Crippen LogP contribution is 2.40. The standard InChI is InChI=1S/C22H25FN4O4/c1-13-17(14(2)25-24-13)20(28)18-19(15-5-3-4-6-16(15)23)27(22(30)21(18)29)8-7-26-9-11-31-12-10-26/h3-6,19,28H,7-12H2,1-2H3,(H,24,25)/t19-/m1/s1. The molecule has 1 aromatic carbocycles. The van der Waals surface area contributed by atoms with Gasteiger partial charge in [0.1, 0.15) is 11.6 Å². The lowest BCUT2D eigenvalue weighted by molar-refractivity contribution is -0.140. The van der Waals surface area contributed by atoms with Crippen molar-refractivity contribution < 1.29 is 23.8 Å². The Hall–Kier alpha value is -3.04. The van der Waals surface area contributed by atoms with Gasteiger partial charge in [0.05, 0.1) is 36.1 Å². The summed E-state index contributed by atoms with van der Waals surface area (Å²) < 4.78 is 20.2. The zero-order chi connectivity index (χ0) is 22.1. The summed E-state index contributed by atoms with van der Waals surface area (Å²) in [5.74, 6) is -2.46. The van der Waals surface area contributed by atoms with Gasteiger partial charge in [0.15, 0.2) is 0 Å². The number of likely N-dealkylation sites (tertiary alicyclic amines) is 1. The molecule has 164 valence electrons. The van der Waals surface area contributed by atoms with Crippen LogP contribution in [-0.4, -0.2) is 76.2 Å². The molecule has 2 saturated heterocycles. The third-order valence-electron chi connectivity index (χ3n) is 5.87. The molecule has 2 aliphatic heterocycles. The van der Waals surface area contributed by atoms with Gasteiger partial charge < -0.3 is 14.7 Å². The van der Waals surface area contributed by atoms with Crippen molar-refractivity contribution in [2.75, 3.05) is 39.4 Å². The lowest BCUT2D eigenvalue weighted by Gasteiger charge is -2.31. The highest BCUT2D eigenvalue weighted by Gasteiger charge is 2.47. The normalized spacial score (nSPS) is 21.8. The van der Waals surface area contributed by atoms with Gasteiger partial charge in [-0.1, -0.05) is 18.2 Å². The van der Waals surface area contributed by atoms with Gasteiger partial charge in [0, 0.05) is 37.4 Å². The number of amides is 1. The van der Waals surface area contributed by atoms with E-state index in [1.165, 1.54) is 17.0 Å². The molecule has 0 spiro atoms. The quantitative estimate of drug-likeness (QED) is 0.429. The van der Waals surface area contributed by atoms with Crippen molar-refractivity contribution in [2.45, 2.75) is 19.9 Å². The predicted molar refractivity (Wildman–Crippen MR) is 111 cm³/mol. The zero-order valence-corrected chi connectivity index (χ0v) is 17.5. The number of nitrogens with one attached hydrogen (secondary N) is 1. The first-order valence-electron chi connectivity index (χ1n) is 10.2. The summed E-state index contributed by atoms with van der Waals surface area (Å²) in [6.07, 6.45) is 0. The fourth-order valence-electron chi connectivity index (χ4n) is 4.24. The van der Waals surface area contributed by atoms with E-state index in [1.807, 2.05) is 0 Å². The van der Waals surface area contributed by atoms with E-state index in [0.29, 0.717) is 36.7 Å². The number of ketones is 1. The minimum atomic E-state index is -1.02. The molecule has 0 radical (unpaired) electrons. The maximum absolute atomic E-state index is 14.8. The third kappa shape index (κ3) is 3.86. The molecule has 2 aromatic rings. The van der Waals surface area contributed by atoms with E-state index in [0.717, 1.165) is 13.1 Å². The van der Waals surface area contributed by atoms with Crippen LogP contribution in [0.15, 0.2) is 29.8 Å². The van der Waals surface area contributed by atoms with E-state index in [1.54, 1.807) is 26.0 Å². The Morgan fingerprint density at radius 2 is 1.94 bits per heavy atom. The number of halogens is 1. The highest BCUT2D eigenvalue weighted by molar-refractivity contribution is 6.46. The minimum absolute atomic E-state index is 0.121. The van der Waals surface area contributed by atoms with Gasteiger partial charge in [-0.2, -0.15) is 5.10 Å². The van der Waals surface area contributed by atoms with Gasteiger partial charge in [0.25, 0.3) is 11.7 Å². The summed E-state index contributed by atoms with van der Waals surface area (Å²) in [6, 6.07) is 5.00. The maximum atomic E-state index is 14.8. The first-order valence-corrected chi connectivity index (χ1v) is 10.2. The number of hydrogen-bond donors (Lipinski definition) is 2. The molecule has 9 heteroatoms. The molecule has 4 rings (SSSR count). The van der Waals surface area contributed by atoms with Crippen LogP contribution in [0.25, 0.3) is 5.76 Å². The van der Waals surface area contributed by atoms with Crippen molar-refractivity contribution in [2.24, 2.45) is 0 Å². The predicted octanol–water partition coefficient (Wildman–Crippen LogP) is 1.92. The van der Waals surface area contributed by atoms with E-state index in [9.17, 15) is 19.1 Å². The molecule has 31 heavy (non-hydrogen) atoms. The number of nitrogens with zero attached hydrogens (tertiary/aromatic N) is 3. The van der Waals surface area contributed by atoms with E-state index in [4.69, 9.17) is 4.74 Å². The average molecular weight is 428 g/mol. The summed E-state index contributed by atoms with van der Waals surface area (Å²) in [6.45, 7) is 6.80. The second-order valence-corrected chi connectivity index (χ2v) is 7.78.